The summed E-state index contributed by atoms with van der Waals surface area (Å²) in [4.78, 5) is 22.7. The molecule has 1 saturated heterocycles. The molecule has 0 aromatic heterocycles. The Bertz CT molecular complexity index is 754. The van der Waals surface area contributed by atoms with Gasteiger partial charge in [0.2, 0.25) is 6.04 Å². The zero-order valence-electron chi connectivity index (χ0n) is 14.0. The third kappa shape index (κ3) is 4.27. The number of hydrogen-bond donors (Lipinski definition) is 1. The molecule has 6 nitrogen and oxygen atoms in total. The Labute approximate surface area is 156 Å². The van der Waals surface area contributed by atoms with E-state index in [0.29, 0.717) is 5.02 Å². The summed E-state index contributed by atoms with van der Waals surface area (Å²) < 4.78 is 5.87. The highest BCUT2D eigenvalue weighted by Crippen LogP contribution is 2.29. The zero-order chi connectivity index (χ0) is 18.5. The zero-order valence-corrected chi connectivity index (χ0v) is 14.7. The molecule has 1 N–H and O–H groups in total. The van der Waals surface area contributed by atoms with Crippen LogP contribution >= 0.6 is 11.6 Å². The topological polar surface area (TPSA) is 81.5 Å². The predicted molar refractivity (Wildman–Crippen MR) is 97.8 cm³/mol. The van der Waals surface area contributed by atoms with Gasteiger partial charge >= 0.3 is 0 Å². The van der Waals surface area contributed by atoms with Gasteiger partial charge in [-0.3, -0.25) is 10.1 Å². The number of morpholine rings is 1. The Hall–Kier alpha value is -2.28. The number of halogens is 1. The van der Waals surface area contributed by atoms with Crippen LogP contribution in [0.1, 0.15) is 17.2 Å². The fourth-order valence-corrected chi connectivity index (χ4v) is 3.35. The average Bonchev–Trinajstić information content (AvgIpc) is 2.67. The molecule has 0 amide bonds. The molecule has 1 unspecified atom stereocenters. The summed E-state index contributed by atoms with van der Waals surface area (Å²) in [6.45, 7) is 0.252. The lowest BCUT2D eigenvalue weighted by Gasteiger charge is -2.37. The molecule has 0 bridgehead atoms. The highest BCUT2D eigenvalue weighted by Gasteiger charge is 2.42. The minimum Gasteiger partial charge on any atom is -0.360 e. The fourth-order valence-electron chi connectivity index (χ4n) is 3.22. The van der Waals surface area contributed by atoms with E-state index in [0.717, 1.165) is 17.4 Å². The van der Waals surface area contributed by atoms with E-state index in [-0.39, 0.29) is 17.9 Å². The number of nitro groups is 1. The maximum Gasteiger partial charge on any atom is 0.235 e. The molecule has 2 aromatic rings. The molecule has 2 aromatic carbocycles. The van der Waals surface area contributed by atoms with Crippen molar-refractivity contribution in [1.29, 1.82) is 0 Å². The van der Waals surface area contributed by atoms with Gasteiger partial charge in [-0.15, -0.1) is 0 Å². The van der Waals surface area contributed by atoms with Gasteiger partial charge in [-0.05, 0) is 23.3 Å². The Morgan fingerprint density at radius 2 is 1.92 bits per heavy atom. The summed E-state index contributed by atoms with van der Waals surface area (Å²) in [7, 11) is 0. The summed E-state index contributed by atoms with van der Waals surface area (Å²) in [5.74, 6) is 0. The largest absolute Gasteiger partial charge is 0.360 e. The number of ether oxygens (including phenoxy) is 1. The van der Waals surface area contributed by atoms with Gasteiger partial charge in [0.25, 0.3) is 0 Å². The number of rotatable bonds is 6. The number of aldehydes is 1. The molecule has 26 heavy (non-hydrogen) atoms. The summed E-state index contributed by atoms with van der Waals surface area (Å²) >= 11 is 5.90. The molecular weight excluding hydrogens is 356 g/mol. The molecule has 0 aliphatic carbocycles. The van der Waals surface area contributed by atoms with Crippen molar-refractivity contribution in [2.45, 2.75) is 30.7 Å². The van der Waals surface area contributed by atoms with E-state index >= 15 is 0 Å². The van der Waals surface area contributed by atoms with Crippen molar-refractivity contribution in [3.8, 4) is 0 Å². The lowest BCUT2D eigenvalue weighted by Crippen LogP contribution is -2.56. The van der Waals surface area contributed by atoms with Gasteiger partial charge in [0, 0.05) is 22.9 Å². The van der Waals surface area contributed by atoms with Gasteiger partial charge < -0.3 is 14.8 Å². The molecule has 1 aliphatic rings. The quantitative estimate of drug-likeness (QED) is 0.477. The van der Waals surface area contributed by atoms with Gasteiger partial charge in [0.15, 0.2) is 0 Å². The molecular formula is C19H19ClN2O4. The van der Waals surface area contributed by atoms with Gasteiger partial charge in [0.05, 0.1) is 0 Å². The minimum absolute atomic E-state index is 0.236. The first kappa shape index (κ1) is 18.5. The van der Waals surface area contributed by atoms with Crippen molar-refractivity contribution >= 4 is 17.9 Å². The van der Waals surface area contributed by atoms with Crippen LogP contribution in [0.3, 0.4) is 0 Å². The van der Waals surface area contributed by atoms with Gasteiger partial charge in [-0.25, -0.2) is 0 Å². The van der Waals surface area contributed by atoms with Gasteiger partial charge in [0.1, 0.15) is 24.5 Å². The standard InChI is InChI=1S/C19H19ClN2O4/c20-15-8-6-13(7-9-15)10-17(22(24)25)18-19(14-4-2-1-3-5-14)26-16(12-23)11-21-18/h1-9,12,16-19,21H,10-11H2/t16-,17+,18-,19?/m1/s1. The molecule has 136 valence electrons. The number of benzene rings is 2. The molecule has 4 atom stereocenters. The predicted octanol–water partition coefficient (Wildman–Crippen LogP) is 2.83. The van der Waals surface area contributed by atoms with Crippen LogP contribution in [-0.2, 0) is 16.0 Å². The molecule has 1 heterocycles. The molecule has 0 spiro atoms. The molecule has 7 heteroatoms. The van der Waals surface area contributed by atoms with Crippen LogP contribution < -0.4 is 5.32 Å². The second-order valence-electron chi connectivity index (χ2n) is 6.26. The molecule has 0 saturated carbocycles. The second kappa shape index (κ2) is 8.40. The third-order valence-corrected chi connectivity index (χ3v) is 4.78. The van der Waals surface area contributed by atoms with Crippen molar-refractivity contribution in [2.24, 2.45) is 0 Å². The van der Waals surface area contributed by atoms with E-state index in [1.165, 1.54) is 0 Å². The maximum absolute atomic E-state index is 11.8. The van der Waals surface area contributed by atoms with Crippen molar-refractivity contribution < 1.29 is 14.5 Å². The summed E-state index contributed by atoms with van der Waals surface area (Å²) in [6, 6.07) is 14.8. The maximum atomic E-state index is 11.8. The SMILES string of the molecule is O=C[C@H]1CN[C@H]([C@H](Cc2ccc(Cl)cc2)[N+](=O)[O-])C(c2ccccc2)O1. The van der Waals surface area contributed by atoms with E-state index in [4.69, 9.17) is 16.3 Å². The number of carbonyl (C=O) groups excluding carboxylic acids is 1. The second-order valence-corrected chi connectivity index (χ2v) is 6.70. The minimum atomic E-state index is -0.908. The highest BCUT2D eigenvalue weighted by atomic mass is 35.5. The Balaban J connectivity index is 1.88. The number of nitrogens with one attached hydrogen (secondary N) is 1. The molecule has 1 aliphatic heterocycles. The average molecular weight is 375 g/mol. The van der Waals surface area contributed by atoms with Crippen LogP contribution in [0.25, 0.3) is 0 Å². The van der Waals surface area contributed by atoms with E-state index in [1.807, 2.05) is 30.3 Å². The Morgan fingerprint density at radius 3 is 2.54 bits per heavy atom. The van der Waals surface area contributed by atoms with Crippen molar-refractivity contribution in [1.82, 2.24) is 5.32 Å². The van der Waals surface area contributed by atoms with E-state index in [2.05, 4.69) is 5.32 Å². The molecule has 1 fully saturated rings. The van der Waals surface area contributed by atoms with E-state index in [9.17, 15) is 14.9 Å². The first-order valence-corrected chi connectivity index (χ1v) is 8.73. The van der Waals surface area contributed by atoms with Gasteiger partial charge in [-0.2, -0.15) is 0 Å². The Morgan fingerprint density at radius 1 is 1.23 bits per heavy atom. The fraction of sp³-hybridized carbons (Fsp3) is 0.316. The smallest absolute Gasteiger partial charge is 0.235 e. The van der Waals surface area contributed by atoms with E-state index in [1.54, 1.807) is 24.3 Å². The normalized spacial score (nSPS) is 24.0. The summed E-state index contributed by atoms with van der Waals surface area (Å²) in [5, 5.41) is 15.6. The van der Waals surface area contributed by atoms with Crippen LogP contribution in [0, 0.1) is 10.1 Å². The first-order chi connectivity index (χ1) is 12.6. The van der Waals surface area contributed by atoms with E-state index < -0.39 is 24.3 Å². The molecule has 3 rings (SSSR count). The van der Waals surface area contributed by atoms with Crippen molar-refractivity contribution in [3.05, 3.63) is 80.9 Å². The van der Waals surface area contributed by atoms with Crippen LogP contribution in [0.4, 0.5) is 0 Å². The monoisotopic (exact) mass is 374 g/mol. The van der Waals surface area contributed by atoms with Crippen molar-refractivity contribution in [3.63, 3.8) is 0 Å². The lowest BCUT2D eigenvalue weighted by atomic mass is 9.90. The number of carbonyl (C=O) groups is 1. The first-order valence-electron chi connectivity index (χ1n) is 8.35. The van der Waals surface area contributed by atoms with Gasteiger partial charge in [-0.1, -0.05) is 54.1 Å². The lowest BCUT2D eigenvalue weighted by molar-refractivity contribution is -0.530. The van der Waals surface area contributed by atoms with Crippen molar-refractivity contribution in [2.75, 3.05) is 6.54 Å². The third-order valence-electron chi connectivity index (χ3n) is 4.53. The highest BCUT2D eigenvalue weighted by molar-refractivity contribution is 6.30. The Kier molecular flexibility index (Phi) is 5.98. The summed E-state index contributed by atoms with van der Waals surface area (Å²) in [6.07, 6.45) is -0.248. The van der Waals surface area contributed by atoms with Crippen LogP contribution in [0.2, 0.25) is 5.02 Å². The number of hydrogen-bond acceptors (Lipinski definition) is 5. The summed E-state index contributed by atoms with van der Waals surface area (Å²) in [5.41, 5.74) is 1.63. The van der Waals surface area contributed by atoms with Crippen LogP contribution in [-0.4, -0.2) is 35.9 Å². The van der Waals surface area contributed by atoms with Crippen LogP contribution in [0.15, 0.2) is 54.6 Å². The van der Waals surface area contributed by atoms with Crippen LogP contribution in [0.5, 0.6) is 0 Å². The number of nitrogens with zero attached hydrogens (tertiary/aromatic N) is 1. The molecule has 0 radical (unpaired) electrons.